The van der Waals surface area contributed by atoms with Crippen LogP contribution in [0.2, 0.25) is 0 Å². The number of nitrogens with zero attached hydrogens (tertiary/aromatic N) is 2. The number of hydrogen-bond donors (Lipinski definition) is 2. The van der Waals surface area contributed by atoms with E-state index >= 15 is 0 Å². The molecule has 18 heavy (non-hydrogen) atoms. The van der Waals surface area contributed by atoms with Gasteiger partial charge in [-0.3, -0.25) is 4.68 Å². The van der Waals surface area contributed by atoms with Gasteiger partial charge in [-0.15, -0.1) is 0 Å². The molecule has 0 atom stereocenters. The summed E-state index contributed by atoms with van der Waals surface area (Å²) in [7, 11) is 1.78. The van der Waals surface area contributed by atoms with Crippen molar-refractivity contribution in [2.24, 2.45) is 0 Å². The highest BCUT2D eigenvalue weighted by atomic mass is 32.1. The molecule has 0 saturated carbocycles. The van der Waals surface area contributed by atoms with E-state index in [1.165, 1.54) is 11.1 Å². The molecule has 0 saturated heterocycles. The molecule has 0 unspecified atom stereocenters. The van der Waals surface area contributed by atoms with Crippen LogP contribution in [0.15, 0.2) is 36.5 Å². The molecule has 4 nitrogen and oxygen atoms in total. The van der Waals surface area contributed by atoms with Gasteiger partial charge in [0.1, 0.15) is 0 Å². The van der Waals surface area contributed by atoms with Gasteiger partial charge < -0.3 is 10.6 Å². The van der Waals surface area contributed by atoms with Gasteiger partial charge in [0.05, 0.1) is 6.54 Å². The molecule has 1 heterocycles. The van der Waals surface area contributed by atoms with Crippen molar-refractivity contribution >= 4 is 23.1 Å². The van der Waals surface area contributed by atoms with Crippen LogP contribution in [0.3, 0.4) is 0 Å². The lowest BCUT2D eigenvalue weighted by Gasteiger charge is -2.04. The van der Waals surface area contributed by atoms with Crippen LogP contribution >= 0.6 is 12.2 Å². The largest absolute Gasteiger partial charge is 0.365 e. The molecule has 0 spiro atoms. The average molecular weight is 260 g/mol. The van der Waals surface area contributed by atoms with Crippen LogP contribution in [0.4, 0.5) is 5.82 Å². The minimum Gasteiger partial charge on any atom is -0.365 e. The van der Waals surface area contributed by atoms with Crippen LogP contribution in [0.1, 0.15) is 11.1 Å². The normalized spacial score (nSPS) is 10.1. The Labute approximate surface area is 112 Å². The molecule has 2 aromatic rings. The molecule has 5 heteroatoms. The van der Waals surface area contributed by atoms with Gasteiger partial charge in [0, 0.05) is 19.3 Å². The number of anilines is 1. The monoisotopic (exact) mass is 260 g/mol. The number of thiocarbonyl (C=S) groups is 1. The maximum atomic E-state index is 5.02. The first-order chi connectivity index (χ1) is 8.67. The molecular formula is C13H16N4S. The molecular weight excluding hydrogens is 244 g/mol. The molecule has 0 radical (unpaired) electrons. The molecule has 94 valence electrons. The number of aromatic nitrogens is 2. The highest BCUT2D eigenvalue weighted by molar-refractivity contribution is 7.80. The van der Waals surface area contributed by atoms with Crippen molar-refractivity contribution in [3.8, 4) is 0 Å². The molecule has 0 aliphatic rings. The number of hydrogen-bond acceptors (Lipinski definition) is 2. The Kier molecular flexibility index (Phi) is 3.94. The first-order valence-electron chi connectivity index (χ1n) is 5.75. The minimum absolute atomic E-state index is 0.566. The van der Waals surface area contributed by atoms with E-state index in [4.69, 9.17) is 12.2 Å². The van der Waals surface area contributed by atoms with Crippen molar-refractivity contribution in [3.63, 3.8) is 0 Å². The van der Waals surface area contributed by atoms with Crippen molar-refractivity contribution in [1.82, 2.24) is 15.1 Å². The van der Waals surface area contributed by atoms with Crippen molar-refractivity contribution < 1.29 is 0 Å². The van der Waals surface area contributed by atoms with Gasteiger partial charge in [0.2, 0.25) is 0 Å². The summed E-state index contributed by atoms with van der Waals surface area (Å²) in [6.07, 6.45) is 1.93. The van der Waals surface area contributed by atoms with Crippen molar-refractivity contribution in [1.29, 1.82) is 0 Å². The van der Waals surface area contributed by atoms with Crippen molar-refractivity contribution in [2.75, 3.05) is 12.4 Å². The van der Waals surface area contributed by atoms with Gasteiger partial charge in [-0.2, -0.15) is 5.10 Å². The van der Waals surface area contributed by atoms with Gasteiger partial charge in [0.15, 0.2) is 10.9 Å². The fraction of sp³-hybridized carbons (Fsp3) is 0.231. The summed E-state index contributed by atoms with van der Waals surface area (Å²) < 4.78 is 1.88. The maximum Gasteiger partial charge on any atom is 0.171 e. The zero-order valence-electron chi connectivity index (χ0n) is 10.5. The molecule has 2 rings (SSSR count). The van der Waals surface area contributed by atoms with Gasteiger partial charge in [-0.1, -0.05) is 29.8 Å². The van der Waals surface area contributed by atoms with Crippen LogP contribution < -0.4 is 10.6 Å². The fourth-order valence-electron chi connectivity index (χ4n) is 1.69. The molecule has 0 fully saturated rings. The number of nitrogens with one attached hydrogen (secondary N) is 2. The van der Waals surface area contributed by atoms with E-state index in [0.29, 0.717) is 5.11 Å². The van der Waals surface area contributed by atoms with Gasteiger partial charge in [0.25, 0.3) is 0 Å². The van der Waals surface area contributed by atoms with Crippen LogP contribution in [0, 0.1) is 6.92 Å². The smallest absolute Gasteiger partial charge is 0.171 e. The van der Waals surface area contributed by atoms with Crippen LogP contribution in [0.25, 0.3) is 0 Å². The third kappa shape index (κ3) is 3.30. The minimum atomic E-state index is 0.566. The molecule has 0 aliphatic carbocycles. The summed E-state index contributed by atoms with van der Waals surface area (Å²) in [4.78, 5) is 0. The van der Waals surface area contributed by atoms with Gasteiger partial charge >= 0.3 is 0 Å². The van der Waals surface area contributed by atoms with E-state index in [0.717, 1.165) is 12.4 Å². The lowest BCUT2D eigenvalue weighted by molar-refractivity contribution is 0.689. The Morgan fingerprint density at radius 1 is 1.39 bits per heavy atom. The predicted molar refractivity (Wildman–Crippen MR) is 77.8 cm³/mol. The Bertz CT molecular complexity index is 547. The standard InChI is InChI=1S/C13H16N4S/c1-10-4-3-5-11(8-10)9-17-7-6-12(16-17)15-13(18)14-2/h3-8H,9H2,1-2H3,(H2,14,15,16,18). The van der Waals surface area contributed by atoms with Gasteiger partial charge in [-0.05, 0) is 24.7 Å². The quantitative estimate of drug-likeness (QED) is 0.830. The van der Waals surface area contributed by atoms with Crippen molar-refractivity contribution in [2.45, 2.75) is 13.5 Å². The van der Waals surface area contributed by atoms with E-state index in [2.05, 4.69) is 46.9 Å². The predicted octanol–water partition coefficient (Wildman–Crippen LogP) is 2.16. The molecule has 0 aliphatic heterocycles. The lowest BCUT2D eigenvalue weighted by atomic mass is 10.1. The molecule has 0 bridgehead atoms. The Morgan fingerprint density at radius 2 is 2.22 bits per heavy atom. The molecule has 2 N–H and O–H groups in total. The maximum absolute atomic E-state index is 5.02. The molecule has 0 amide bonds. The second kappa shape index (κ2) is 5.64. The third-order valence-electron chi connectivity index (χ3n) is 2.54. The average Bonchev–Trinajstić information content (AvgIpc) is 2.76. The van der Waals surface area contributed by atoms with E-state index < -0.39 is 0 Å². The van der Waals surface area contributed by atoms with E-state index in [1.807, 2.05) is 16.9 Å². The van der Waals surface area contributed by atoms with Crippen LogP contribution in [0.5, 0.6) is 0 Å². The van der Waals surface area contributed by atoms with Gasteiger partial charge in [-0.25, -0.2) is 0 Å². The van der Waals surface area contributed by atoms with Crippen LogP contribution in [-0.4, -0.2) is 21.9 Å². The number of rotatable bonds is 3. The number of benzene rings is 1. The zero-order chi connectivity index (χ0) is 13.0. The van der Waals surface area contributed by atoms with E-state index in [9.17, 15) is 0 Å². The summed E-state index contributed by atoms with van der Waals surface area (Å²) in [5.74, 6) is 0.752. The molecule has 1 aromatic carbocycles. The SMILES string of the molecule is CNC(=S)Nc1ccn(Cc2cccc(C)c2)n1. The second-order valence-electron chi connectivity index (χ2n) is 4.09. The first-order valence-corrected chi connectivity index (χ1v) is 6.16. The fourth-order valence-corrected chi connectivity index (χ4v) is 1.80. The number of aryl methyl sites for hydroxylation is 1. The topological polar surface area (TPSA) is 41.9 Å². The van der Waals surface area contributed by atoms with Crippen LogP contribution in [-0.2, 0) is 6.54 Å². The third-order valence-corrected chi connectivity index (χ3v) is 2.84. The lowest BCUT2D eigenvalue weighted by Crippen LogP contribution is -2.24. The second-order valence-corrected chi connectivity index (χ2v) is 4.50. The summed E-state index contributed by atoms with van der Waals surface area (Å²) in [6.45, 7) is 2.85. The van der Waals surface area contributed by atoms with Crippen molar-refractivity contribution in [3.05, 3.63) is 47.7 Å². The first kappa shape index (κ1) is 12.6. The highest BCUT2D eigenvalue weighted by Gasteiger charge is 2.01. The summed E-state index contributed by atoms with van der Waals surface area (Å²) in [5, 5.41) is 10.8. The Morgan fingerprint density at radius 3 is 2.94 bits per heavy atom. The molecule has 1 aromatic heterocycles. The Hall–Kier alpha value is -1.88. The van der Waals surface area contributed by atoms with E-state index in [1.54, 1.807) is 7.05 Å². The summed E-state index contributed by atoms with van der Waals surface area (Å²) in [6, 6.07) is 10.3. The zero-order valence-corrected chi connectivity index (χ0v) is 11.3. The summed E-state index contributed by atoms with van der Waals surface area (Å²) >= 11 is 5.02. The summed E-state index contributed by atoms with van der Waals surface area (Å²) in [5.41, 5.74) is 2.50. The van der Waals surface area contributed by atoms with E-state index in [-0.39, 0.29) is 0 Å². The Balaban J connectivity index is 2.04. The highest BCUT2D eigenvalue weighted by Crippen LogP contribution is 2.08.